The van der Waals surface area contributed by atoms with Crippen molar-refractivity contribution in [2.75, 3.05) is 38.2 Å². The van der Waals surface area contributed by atoms with Crippen LogP contribution >= 0.6 is 15.9 Å². The second kappa shape index (κ2) is 8.10. The fraction of sp³-hybridized carbons (Fsp3) is 0.300. The van der Waals surface area contributed by atoms with Crippen LogP contribution in [0.1, 0.15) is 5.56 Å². The maximum Gasteiger partial charge on any atom is 0.128 e. The molecule has 0 amide bonds. The minimum atomic E-state index is 0.859. The monoisotopic (exact) mass is 427 g/mol. The van der Waals surface area contributed by atoms with Crippen LogP contribution in [0.25, 0.3) is 11.3 Å². The second-order valence-corrected chi connectivity index (χ2v) is 7.51. The third-order valence-electron chi connectivity index (χ3n) is 4.90. The van der Waals surface area contributed by atoms with Gasteiger partial charge in [-0.1, -0.05) is 0 Å². The number of nitrogens with one attached hydrogen (secondary N) is 1. The summed E-state index contributed by atoms with van der Waals surface area (Å²) >= 11 is 3.44. The van der Waals surface area contributed by atoms with E-state index in [9.17, 15) is 0 Å². The number of ether oxygens (including phenoxy) is 1. The Hall–Kier alpha value is -2.38. The molecule has 0 unspecified atom stereocenters. The molecule has 1 N–H and O–H groups in total. The van der Waals surface area contributed by atoms with Gasteiger partial charge in [-0.3, -0.25) is 10.00 Å². The molecule has 2 aromatic heterocycles. The number of aromatic nitrogens is 3. The van der Waals surface area contributed by atoms with Crippen molar-refractivity contribution in [1.82, 2.24) is 20.1 Å². The van der Waals surface area contributed by atoms with E-state index < -0.39 is 0 Å². The number of piperazine rings is 1. The minimum absolute atomic E-state index is 0.859. The summed E-state index contributed by atoms with van der Waals surface area (Å²) in [5.41, 5.74) is 3.42. The first-order valence-electron chi connectivity index (χ1n) is 8.98. The summed E-state index contributed by atoms with van der Waals surface area (Å²) < 4.78 is 6.25. The highest BCUT2D eigenvalue weighted by Gasteiger charge is 2.20. The van der Waals surface area contributed by atoms with Gasteiger partial charge in [-0.2, -0.15) is 5.10 Å². The molecule has 1 aliphatic rings. The molecule has 1 aromatic carbocycles. The maximum atomic E-state index is 5.24. The Morgan fingerprint density at radius 3 is 2.48 bits per heavy atom. The molecule has 6 nitrogen and oxygen atoms in total. The van der Waals surface area contributed by atoms with Crippen molar-refractivity contribution in [3.05, 3.63) is 58.8 Å². The highest BCUT2D eigenvalue weighted by Crippen LogP contribution is 2.25. The first-order valence-corrected chi connectivity index (χ1v) is 9.78. The molecule has 0 bridgehead atoms. The maximum absolute atomic E-state index is 5.24. The average molecular weight is 428 g/mol. The van der Waals surface area contributed by atoms with Crippen molar-refractivity contribution in [3.63, 3.8) is 0 Å². The van der Waals surface area contributed by atoms with Crippen LogP contribution in [0, 0.1) is 0 Å². The Labute approximate surface area is 167 Å². The van der Waals surface area contributed by atoms with Gasteiger partial charge < -0.3 is 9.64 Å². The Bertz CT molecular complexity index is 870. The molecule has 0 spiro atoms. The van der Waals surface area contributed by atoms with Gasteiger partial charge >= 0.3 is 0 Å². The van der Waals surface area contributed by atoms with Gasteiger partial charge in [-0.15, -0.1) is 0 Å². The SMILES string of the molecule is COc1ccc(-c2[nH]ncc2CN2CCN(c3ccc(Br)cn3)CC2)cc1. The third-order valence-corrected chi connectivity index (χ3v) is 5.37. The zero-order valence-electron chi connectivity index (χ0n) is 15.2. The second-order valence-electron chi connectivity index (χ2n) is 6.60. The van der Waals surface area contributed by atoms with Gasteiger partial charge in [0.05, 0.1) is 19.0 Å². The summed E-state index contributed by atoms with van der Waals surface area (Å²) in [6, 6.07) is 12.2. The van der Waals surface area contributed by atoms with E-state index in [0.717, 1.165) is 60.0 Å². The van der Waals surface area contributed by atoms with Crippen molar-refractivity contribution in [2.24, 2.45) is 0 Å². The lowest BCUT2D eigenvalue weighted by molar-refractivity contribution is 0.249. The Morgan fingerprint density at radius 2 is 1.81 bits per heavy atom. The molecule has 1 aliphatic heterocycles. The molecule has 140 valence electrons. The van der Waals surface area contributed by atoms with Crippen LogP contribution in [0.2, 0.25) is 0 Å². The summed E-state index contributed by atoms with van der Waals surface area (Å²) in [5, 5.41) is 7.42. The van der Waals surface area contributed by atoms with Crippen molar-refractivity contribution >= 4 is 21.7 Å². The summed E-state index contributed by atoms with van der Waals surface area (Å²) in [6.45, 7) is 4.85. The van der Waals surface area contributed by atoms with Gasteiger partial charge in [0.1, 0.15) is 11.6 Å². The lowest BCUT2D eigenvalue weighted by Gasteiger charge is -2.35. The number of pyridine rings is 1. The standard InChI is InChI=1S/C20H22BrN5O/c1-27-18-5-2-15(3-6-18)20-16(12-23-24-20)14-25-8-10-26(11-9-25)19-7-4-17(21)13-22-19/h2-7,12-13H,8-11,14H2,1H3,(H,23,24). The lowest BCUT2D eigenvalue weighted by Crippen LogP contribution is -2.46. The number of halogens is 1. The van der Waals surface area contributed by atoms with Gasteiger partial charge in [0, 0.05) is 54.5 Å². The van der Waals surface area contributed by atoms with Gasteiger partial charge in [0.15, 0.2) is 0 Å². The average Bonchev–Trinajstić information content (AvgIpc) is 3.17. The van der Waals surface area contributed by atoms with E-state index in [2.05, 4.69) is 59.1 Å². The first kappa shape index (κ1) is 18.0. The van der Waals surface area contributed by atoms with E-state index in [1.165, 1.54) is 5.56 Å². The highest BCUT2D eigenvalue weighted by atomic mass is 79.9. The number of H-pyrrole nitrogens is 1. The number of benzene rings is 1. The minimum Gasteiger partial charge on any atom is -0.497 e. The van der Waals surface area contributed by atoms with Crippen LogP contribution < -0.4 is 9.64 Å². The van der Waals surface area contributed by atoms with Crippen molar-refractivity contribution in [1.29, 1.82) is 0 Å². The summed E-state index contributed by atoms with van der Waals surface area (Å²) in [4.78, 5) is 9.31. The predicted molar refractivity (Wildman–Crippen MR) is 110 cm³/mol. The lowest BCUT2D eigenvalue weighted by atomic mass is 10.1. The Balaban J connectivity index is 1.39. The van der Waals surface area contributed by atoms with E-state index >= 15 is 0 Å². The Morgan fingerprint density at radius 1 is 1.04 bits per heavy atom. The van der Waals surface area contributed by atoms with Crippen LogP contribution in [0.3, 0.4) is 0 Å². The number of hydrogen-bond acceptors (Lipinski definition) is 5. The zero-order valence-corrected chi connectivity index (χ0v) is 16.8. The molecule has 0 aliphatic carbocycles. The van der Waals surface area contributed by atoms with Crippen LogP contribution in [-0.2, 0) is 6.54 Å². The van der Waals surface area contributed by atoms with Crippen molar-refractivity contribution in [3.8, 4) is 17.0 Å². The van der Waals surface area contributed by atoms with E-state index in [1.54, 1.807) is 7.11 Å². The van der Waals surface area contributed by atoms with Crippen LogP contribution in [0.4, 0.5) is 5.82 Å². The van der Waals surface area contributed by atoms with E-state index in [4.69, 9.17) is 4.74 Å². The smallest absolute Gasteiger partial charge is 0.128 e. The first-order chi connectivity index (χ1) is 13.2. The number of methoxy groups -OCH3 is 1. The molecule has 4 rings (SSSR count). The van der Waals surface area contributed by atoms with Gasteiger partial charge in [0.2, 0.25) is 0 Å². The molecule has 0 saturated carbocycles. The molecule has 0 atom stereocenters. The normalized spacial score (nSPS) is 15.1. The topological polar surface area (TPSA) is 57.3 Å². The fourth-order valence-corrected chi connectivity index (χ4v) is 3.60. The molecule has 0 radical (unpaired) electrons. The van der Waals surface area contributed by atoms with Crippen LogP contribution in [0.15, 0.2) is 53.3 Å². The molecular weight excluding hydrogens is 406 g/mol. The van der Waals surface area contributed by atoms with Gasteiger partial charge in [-0.25, -0.2) is 4.98 Å². The molecule has 3 heterocycles. The van der Waals surface area contributed by atoms with Crippen molar-refractivity contribution < 1.29 is 4.74 Å². The van der Waals surface area contributed by atoms with Gasteiger partial charge in [-0.05, 0) is 52.3 Å². The fourth-order valence-electron chi connectivity index (χ4n) is 3.37. The number of nitrogens with zero attached hydrogens (tertiary/aromatic N) is 4. The largest absolute Gasteiger partial charge is 0.497 e. The van der Waals surface area contributed by atoms with E-state index in [0.29, 0.717) is 0 Å². The number of hydrogen-bond donors (Lipinski definition) is 1. The molecule has 7 heteroatoms. The zero-order chi connectivity index (χ0) is 18.6. The quantitative estimate of drug-likeness (QED) is 0.674. The molecule has 1 fully saturated rings. The summed E-state index contributed by atoms with van der Waals surface area (Å²) in [7, 11) is 1.68. The summed E-state index contributed by atoms with van der Waals surface area (Å²) in [6.07, 6.45) is 3.79. The number of anilines is 1. The van der Waals surface area contributed by atoms with Gasteiger partial charge in [0.25, 0.3) is 0 Å². The number of aromatic amines is 1. The Kier molecular flexibility index (Phi) is 5.40. The van der Waals surface area contributed by atoms with Crippen LogP contribution in [0.5, 0.6) is 5.75 Å². The van der Waals surface area contributed by atoms with E-state index in [1.807, 2.05) is 30.6 Å². The number of rotatable bonds is 5. The molecule has 3 aromatic rings. The van der Waals surface area contributed by atoms with Crippen LogP contribution in [-0.4, -0.2) is 53.4 Å². The third kappa shape index (κ3) is 4.14. The molecular formula is C20H22BrN5O. The molecule has 27 heavy (non-hydrogen) atoms. The molecule has 1 saturated heterocycles. The van der Waals surface area contributed by atoms with Crippen molar-refractivity contribution in [2.45, 2.75) is 6.54 Å². The highest BCUT2D eigenvalue weighted by molar-refractivity contribution is 9.10. The summed E-state index contributed by atoms with van der Waals surface area (Å²) in [5.74, 6) is 1.90. The predicted octanol–water partition coefficient (Wildman–Crippen LogP) is 3.57. The van der Waals surface area contributed by atoms with E-state index in [-0.39, 0.29) is 0 Å².